The zero-order valence-corrected chi connectivity index (χ0v) is 15.8. The van der Waals surface area contributed by atoms with Gasteiger partial charge in [-0.15, -0.1) is 0 Å². The quantitative estimate of drug-likeness (QED) is 0.537. The molecule has 0 fully saturated rings. The third kappa shape index (κ3) is 2.06. The first kappa shape index (κ1) is 14.6. The molecule has 3 nitrogen and oxygen atoms in total. The highest BCUT2D eigenvalue weighted by Gasteiger charge is 2.33. The first-order valence-corrected chi connectivity index (χ1v) is 9.46. The summed E-state index contributed by atoms with van der Waals surface area (Å²) in [6, 6.07) is 8.62. The minimum atomic E-state index is -3.50. The Kier molecular flexibility index (Phi) is 3.52. The summed E-state index contributed by atoms with van der Waals surface area (Å²) in [5.74, 6) is 0. The lowest BCUT2D eigenvalue weighted by atomic mass is 10.2. The number of halogens is 3. The third-order valence-corrected chi connectivity index (χ3v) is 7.39. The summed E-state index contributed by atoms with van der Waals surface area (Å²) in [6.45, 7) is 0. The topological polar surface area (TPSA) is 37.4 Å². The zero-order valence-electron chi connectivity index (χ0n) is 10.2. The molecule has 1 heterocycles. The Bertz CT molecular complexity index is 834. The molecule has 2 aromatic carbocycles. The van der Waals surface area contributed by atoms with Gasteiger partial charge in [0.25, 0.3) is 0 Å². The van der Waals surface area contributed by atoms with Crippen LogP contribution in [0.3, 0.4) is 0 Å². The van der Waals surface area contributed by atoms with Crippen LogP contribution in [-0.4, -0.2) is 15.5 Å². The number of fused-ring (bicyclic) bond motifs is 2. The van der Waals surface area contributed by atoms with Crippen molar-refractivity contribution in [3.8, 4) is 0 Å². The molecule has 0 saturated heterocycles. The lowest BCUT2D eigenvalue weighted by Gasteiger charge is -2.30. The van der Waals surface area contributed by atoms with E-state index in [4.69, 9.17) is 0 Å². The molecule has 3 rings (SSSR count). The molecule has 20 heavy (non-hydrogen) atoms. The highest BCUT2D eigenvalue weighted by molar-refractivity contribution is 9.13. The van der Waals surface area contributed by atoms with Crippen molar-refractivity contribution in [2.24, 2.45) is 0 Å². The Morgan fingerprint density at radius 3 is 2.20 bits per heavy atom. The molecule has 0 aromatic heterocycles. The van der Waals surface area contributed by atoms with E-state index in [1.54, 1.807) is 24.3 Å². The molecular weight excluding hydrogens is 474 g/mol. The van der Waals surface area contributed by atoms with E-state index in [-0.39, 0.29) is 0 Å². The van der Waals surface area contributed by atoms with Gasteiger partial charge in [0, 0.05) is 20.5 Å². The van der Waals surface area contributed by atoms with Crippen LogP contribution in [0.1, 0.15) is 0 Å². The van der Waals surface area contributed by atoms with Gasteiger partial charge in [-0.1, -0.05) is 15.9 Å². The second-order valence-electron chi connectivity index (χ2n) is 4.41. The van der Waals surface area contributed by atoms with Crippen molar-refractivity contribution in [3.05, 3.63) is 43.7 Å². The molecule has 7 heteroatoms. The molecule has 0 atom stereocenters. The minimum absolute atomic E-state index is 0.310. The van der Waals surface area contributed by atoms with Crippen LogP contribution in [0.2, 0.25) is 0 Å². The van der Waals surface area contributed by atoms with Crippen molar-refractivity contribution in [3.63, 3.8) is 0 Å². The molecule has 0 aliphatic carbocycles. The first-order chi connectivity index (χ1) is 9.32. The highest BCUT2D eigenvalue weighted by Crippen LogP contribution is 2.46. The normalized spacial score (nSPS) is 15.7. The smallest absolute Gasteiger partial charge is 0.210 e. The summed E-state index contributed by atoms with van der Waals surface area (Å²) in [6.07, 6.45) is 0. The highest BCUT2D eigenvalue weighted by atomic mass is 79.9. The molecule has 0 spiro atoms. The van der Waals surface area contributed by atoms with Gasteiger partial charge in [0.15, 0.2) is 0 Å². The maximum atomic E-state index is 12.7. The molecule has 1 aliphatic rings. The first-order valence-electron chi connectivity index (χ1n) is 5.60. The Morgan fingerprint density at radius 1 is 0.900 bits per heavy atom. The number of benzene rings is 2. The van der Waals surface area contributed by atoms with Crippen molar-refractivity contribution < 1.29 is 8.42 Å². The molecule has 0 radical (unpaired) electrons. The van der Waals surface area contributed by atoms with Gasteiger partial charge in [0.05, 0.1) is 21.2 Å². The van der Waals surface area contributed by atoms with Crippen molar-refractivity contribution in [1.82, 2.24) is 0 Å². The number of sulfone groups is 1. The van der Waals surface area contributed by atoms with Crippen LogP contribution in [0.25, 0.3) is 0 Å². The standard InChI is InChI=1S/C13H8Br3NO2S/c1-17-10-4-7(14)2-3-12(10)20(18,19)13-6-9(16)8(15)5-11(13)17/h2-6H,1H3. The molecular formula is C13H8Br3NO2S. The third-order valence-electron chi connectivity index (χ3n) is 3.22. The monoisotopic (exact) mass is 479 g/mol. The Hall–Kier alpha value is -0.370. The van der Waals surface area contributed by atoms with E-state index in [2.05, 4.69) is 47.8 Å². The summed E-state index contributed by atoms with van der Waals surface area (Å²) >= 11 is 10.2. The van der Waals surface area contributed by atoms with Gasteiger partial charge in [-0.05, 0) is 62.2 Å². The van der Waals surface area contributed by atoms with E-state index in [0.29, 0.717) is 25.6 Å². The number of rotatable bonds is 0. The van der Waals surface area contributed by atoms with Crippen LogP contribution >= 0.6 is 47.8 Å². The molecule has 1 aliphatic heterocycles. The van der Waals surface area contributed by atoms with Gasteiger partial charge >= 0.3 is 0 Å². The second kappa shape index (κ2) is 4.83. The van der Waals surface area contributed by atoms with E-state index in [9.17, 15) is 8.42 Å². The lowest BCUT2D eigenvalue weighted by molar-refractivity contribution is 0.594. The number of nitrogens with zero attached hydrogens (tertiary/aromatic N) is 1. The van der Waals surface area contributed by atoms with Crippen molar-refractivity contribution in [2.75, 3.05) is 11.9 Å². The predicted octanol–water partition coefficient (Wildman–Crippen LogP) is 4.89. The van der Waals surface area contributed by atoms with Gasteiger partial charge in [-0.2, -0.15) is 0 Å². The van der Waals surface area contributed by atoms with Crippen LogP contribution in [0.5, 0.6) is 0 Å². The second-order valence-corrected chi connectivity index (χ2v) is 8.92. The fraction of sp³-hybridized carbons (Fsp3) is 0.0769. The van der Waals surface area contributed by atoms with E-state index < -0.39 is 9.84 Å². The minimum Gasteiger partial charge on any atom is -0.342 e. The summed E-state index contributed by atoms with van der Waals surface area (Å²) in [7, 11) is -1.64. The van der Waals surface area contributed by atoms with Crippen LogP contribution < -0.4 is 4.90 Å². The van der Waals surface area contributed by atoms with Crippen LogP contribution in [0.4, 0.5) is 11.4 Å². The Labute approximate surface area is 142 Å². The van der Waals surface area contributed by atoms with Gasteiger partial charge in [-0.3, -0.25) is 0 Å². The van der Waals surface area contributed by atoms with Crippen molar-refractivity contribution >= 4 is 69.0 Å². The van der Waals surface area contributed by atoms with Gasteiger partial charge in [-0.25, -0.2) is 8.42 Å². The molecule has 0 saturated carbocycles. The summed E-state index contributed by atoms with van der Waals surface area (Å²) in [4.78, 5) is 2.52. The van der Waals surface area contributed by atoms with E-state index in [1.807, 2.05) is 18.0 Å². The van der Waals surface area contributed by atoms with Crippen LogP contribution in [0.15, 0.2) is 53.5 Å². The van der Waals surface area contributed by atoms with Gasteiger partial charge in [0.1, 0.15) is 0 Å². The summed E-state index contributed by atoms with van der Waals surface area (Å²) in [5.41, 5.74) is 1.33. The summed E-state index contributed by atoms with van der Waals surface area (Å²) < 4.78 is 27.9. The maximum absolute atomic E-state index is 12.7. The summed E-state index contributed by atoms with van der Waals surface area (Å²) in [5, 5.41) is 0. The molecule has 0 N–H and O–H groups in total. The number of hydrogen-bond acceptors (Lipinski definition) is 3. The van der Waals surface area contributed by atoms with E-state index >= 15 is 0 Å². The SMILES string of the molecule is CN1c2cc(Br)ccc2S(=O)(=O)c2cc(Br)c(Br)cc21. The Balaban J connectivity index is 2.40. The van der Waals surface area contributed by atoms with Gasteiger partial charge in [0.2, 0.25) is 9.84 Å². The maximum Gasteiger partial charge on any atom is 0.210 e. The molecule has 0 unspecified atom stereocenters. The van der Waals surface area contributed by atoms with Crippen LogP contribution in [-0.2, 0) is 9.84 Å². The molecule has 0 bridgehead atoms. The average Bonchev–Trinajstić information content (AvgIpc) is 2.38. The largest absolute Gasteiger partial charge is 0.342 e. The fourth-order valence-electron chi connectivity index (χ4n) is 2.22. The van der Waals surface area contributed by atoms with E-state index in [1.165, 1.54) is 0 Å². The van der Waals surface area contributed by atoms with Crippen molar-refractivity contribution in [2.45, 2.75) is 9.79 Å². The number of hydrogen-bond donors (Lipinski definition) is 0. The number of anilines is 2. The fourth-order valence-corrected chi connectivity index (χ4v) is 5.10. The predicted molar refractivity (Wildman–Crippen MR) is 89.5 cm³/mol. The molecule has 2 aromatic rings. The molecule has 104 valence electrons. The lowest BCUT2D eigenvalue weighted by Crippen LogP contribution is -2.22. The zero-order chi connectivity index (χ0) is 14.7. The average molecular weight is 482 g/mol. The Morgan fingerprint density at radius 2 is 1.50 bits per heavy atom. The van der Waals surface area contributed by atoms with Crippen molar-refractivity contribution in [1.29, 1.82) is 0 Å². The molecule has 0 amide bonds. The van der Waals surface area contributed by atoms with Gasteiger partial charge < -0.3 is 4.90 Å². The van der Waals surface area contributed by atoms with Crippen LogP contribution in [0, 0.1) is 0 Å². The van der Waals surface area contributed by atoms with E-state index in [0.717, 1.165) is 8.95 Å².